The number of hydrogen-bond acceptors (Lipinski definition) is 3. The summed E-state index contributed by atoms with van der Waals surface area (Å²) in [6, 6.07) is 5.01. The number of thioether (sulfide) groups is 1. The average Bonchev–Trinajstić information content (AvgIpc) is 2.76. The van der Waals surface area contributed by atoms with Crippen molar-refractivity contribution in [3.05, 3.63) is 0 Å². The maximum Gasteiger partial charge on any atom is 0.204 e. The monoisotopic (exact) mass is 462 g/mol. The molecule has 0 aromatic carbocycles. The second-order valence-electron chi connectivity index (χ2n) is 8.58. The summed E-state index contributed by atoms with van der Waals surface area (Å²) in [5.41, 5.74) is 0. The molecule has 176 valence electrons. The van der Waals surface area contributed by atoms with Crippen LogP contribution in [0, 0.1) is 0 Å². The minimum Gasteiger partial charge on any atom is -0.416 e. The zero-order valence-corrected chi connectivity index (χ0v) is 24.1. The summed E-state index contributed by atoms with van der Waals surface area (Å²) in [5.74, 6) is 0. The van der Waals surface area contributed by atoms with Gasteiger partial charge >= 0.3 is 0 Å². The quantitative estimate of drug-likeness (QED) is 0.133. The van der Waals surface area contributed by atoms with Crippen LogP contribution in [0.25, 0.3) is 0 Å². The molecule has 0 aliphatic heterocycles. The third kappa shape index (κ3) is 9.38. The topological polar surface area (TPSA) is 18.5 Å². The Morgan fingerprint density at radius 2 is 0.897 bits per heavy atom. The van der Waals surface area contributed by atoms with Crippen LogP contribution in [-0.4, -0.2) is 39.6 Å². The standard InChI is InChI=1S/C24H54O2SSi2/c1-9-17-19-21-25-28(13-5,14-6)23(11-3)27-24(12-4)29(15-7,16-8)26-22-20-18-10-2/h23-24H,9-22H2,1-8H3. The SMILES string of the molecule is CCCCCO[Si](CC)(CC)C(CC)SC(CC)[Si](CC)(CC)OCCCCC. The number of unbranched alkanes of at least 4 members (excludes halogenated alkanes) is 4. The molecule has 2 atom stereocenters. The van der Waals surface area contributed by atoms with Crippen LogP contribution in [0.5, 0.6) is 0 Å². The molecule has 0 amide bonds. The van der Waals surface area contributed by atoms with Crippen LogP contribution >= 0.6 is 11.8 Å². The summed E-state index contributed by atoms with van der Waals surface area (Å²) in [6.45, 7) is 20.9. The van der Waals surface area contributed by atoms with E-state index in [1.54, 1.807) is 0 Å². The summed E-state index contributed by atoms with van der Waals surface area (Å²) in [5, 5.41) is 0. The molecule has 0 aromatic heterocycles. The first kappa shape index (κ1) is 29.7. The van der Waals surface area contributed by atoms with Crippen molar-refractivity contribution in [1.82, 2.24) is 0 Å². The molecule has 0 aromatic rings. The Balaban J connectivity index is 5.39. The lowest BCUT2D eigenvalue weighted by atomic mass is 10.3. The Kier molecular flexibility index (Phi) is 17.7. The summed E-state index contributed by atoms with van der Waals surface area (Å²) in [4.78, 5) is 1.40. The summed E-state index contributed by atoms with van der Waals surface area (Å²) >= 11 is 2.30. The normalized spacial score (nSPS) is 14.9. The van der Waals surface area contributed by atoms with Crippen molar-refractivity contribution in [2.45, 2.75) is 141 Å². The molecule has 2 unspecified atom stereocenters. The van der Waals surface area contributed by atoms with Gasteiger partial charge in [-0.3, -0.25) is 0 Å². The Bertz CT molecular complexity index is 340. The lowest BCUT2D eigenvalue weighted by Crippen LogP contribution is -2.53. The lowest BCUT2D eigenvalue weighted by molar-refractivity contribution is 0.284. The van der Waals surface area contributed by atoms with Gasteiger partial charge in [0.2, 0.25) is 16.6 Å². The van der Waals surface area contributed by atoms with Crippen molar-refractivity contribution in [2.24, 2.45) is 0 Å². The van der Waals surface area contributed by atoms with Crippen molar-refractivity contribution in [3.63, 3.8) is 0 Å². The van der Waals surface area contributed by atoms with Gasteiger partial charge in [-0.1, -0.05) is 81.1 Å². The van der Waals surface area contributed by atoms with Crippen molar-refractivity contribution >= 4 is 28.4 Å². The third-order valence-corrected chi connectivity index (χ3v) is 21.1. The van der Waals surface area contributed by atoms with Crippen molar-refractivity contribution in [2.75, 3.05) is 13.2 Å². The predicted molar refractivity (Wildman–Crippen MR) is 140 cm³/mol. The van der Waals surface area contributed by atoms with Gasteiger partial charge in [-0.15, -0.1) is 0 Å². The van der Waals surface area contributed by atoms with Gasteiger partial charge in [-0.05, 0) is 49.9 Å². The molecular weight excluding hydrogens is 409 g/mol. The second kappa shape index (κ2) is 17.3. The van der Waals surface area contributed by atoms with Crippen molar-refractivity contribution in [3.8, 4) is 0 Å². The summed E-state index contributed by atoms with van der Waals surface area (Å²) in [6.07, 6.45) is 10.1. The van der Waals surface area contributed by atoms with Gasteiger partial charge in [-0.2, -0.15) is 11.8 Å². The van der Waals surface area contributed by atoms with E-state index in [9.17, 15) is 0 Å². The van der Waals surface area contributed by atoms with E-state index in [-0.39, 0.29) is 0 Å². The smallest absolute Gasteiger partial charge is 0.204 e. The highest BCUT2D eigenvalue weighted by molar-refractivity contribution is 8.03. The first-order valence-corrected chi connectivity index (χ1v) is 18.7. The molecule has 0 aliphatic rings. The van der Waals surface area contributed by atoms with Gasteiger partial charge in [0.25, 0.3) is 0 Å². The minimum atomic E-state index is -1.72. The van der Waals surface area contributed by atoms with Gasteiger partial charge in [0.1, 0.15) is 0 Å². The Hall–Kier alpha value is 0.704. The molecule has 29 heavy (non-hydrogen) atoms. The Morgan fingerprint density at radius 3 is 1.14 bits per heavy atom. The summed E-state index contributed by atoms with van der Waals surface area (Å²) < 4.78 is 13.6. The molecule has 0 saturated heterocycles. The van der Waals surface area contributed by atoms with E-state index in [4.69, 9.17) is 8.85 Å². The molecule has 0 spiro atoms. The van der Waals surface area contributed by atoms with E-state index in [0.717, 1.165) is 13.2 Å². The van der Waals surface area contributed by atoms with E-state index in [2.05, 4.69) is 67.2 Å². The fourth-order valence-electron chi connectivity index (χ4n) is 4.64. The van der Waals surface area contributed by atoms with Gasteiger partial charge in [0.05, 0.1) is 0 Å². The molecule has 0 fully saturated rings. The van der Waals surface area contributed by atoms with Gasteiger partial charge in [0.15, 0.2) is 0 Å². The van der Waals surface area contributed by atoms with Crippen molar-refractivity contribution in [1.29, 1.82) is 0 Å². The zero-order valence-electron chi connectivity index (χ0n) is 21.3. The molecule has 2 nitrogen and oxygen atoms in total. The molecule has 0 rings (SSSR count). The highest BCUT2D eigenvalue weighted by Gasteiger charge is 2.46. The first-order chi connectivity index (χ1) is 14.0. The highest BCUT2D eigenvalue weighted by atomic mass is 32.2. The Morgan fingerprint density at radius 1 is 0.552 bits per heavy atom. The molecule has 0 radical (unpaired) electrons. The van der Waals surface area contributed by atoms with Crippen LogP contribution in [0.4, 0.5) is 0 Å². The highest BCUT2D eigenvalue weighted by Crippen LogP contribution is 2.41. The molecular formula is C24H54O2SSi2. The van der Waals surface area contributed by atoms with E-state index < -0.39 is 16.6 Å². The van der Waals surface area contributed by atoms with Gasteiger partial charge < -0.3 is 8.85 Å². The first-order valence-electron chi connectivity index (χ1n) is 12.9. The minimum absolute atomic E-state index is 0.702. The van der Waals surface area contributed by atoms with E-state index in [0.29, 0.717) is 9.75 Å². The lowest BCUT2D eigenvalue weighted by Gasteiger charge is -2.43. The number of rotatable bonds is 20. The van der Waals surface area contributed by atoms with Crippen LogP contribution in [-0.2, 0) is 8.85 Å². The second-order valence-corrected chi connectivity index (χ2v) is 19.9. The molecule has 0 N–H and O–H groups in total. The van der Waals surface area contributed by atoms with Gasteiger partial charge in [0, 0.05) is 23.0 Å². The molecule has 0 heterocycles. The third-order valence-electron chi connectivity index (χ3n) is 6.91. The largest absolute Gasteiger partial charge is 0.416 e. The van der Waals surface area contributed by atoms with Crippen molar-refractivity contribution < 1.29 is 8.85 Å². The molecule has 0 saturated carbocycles. The Labute approximate surface area is 190 Å². The van der Waals surface area contributed by atoms with E-state index in [1.807, 2.05) is 0 Å². The molecule has 0 aliphatic carbocycles. The maximum absolute atomic E-state index is 6.81. The van der Waals surface area contributed by atoms with Crippen LogP contribution in [0.2, 0.25) is 24.2 Å². The van der Waals surface area contributed by atoms with E-state index >= 15 is 0 Å². The predicted octanol–water partition coefficient (Wildman–Crippen LogP) is 8.74. The fourth-order valence-corrected chi connectivity index (χ4v) is 17.8. The van der Waals surface area contributed by atoms with E-state index in [1.165, 1.54) is 75.5 Å². The fraction of sp³-hybridized carbons (Fsp3) is 1.00. The number of hydrogen-bond donors (Lipinski definition) is 0. The zero-order chi connectivity index (χ0) is 22.2. The van der Waals surface area contributed by atoms with Crippen LogP contribution < -0.4 is 0 Å². The molecule has 5 heteroatoms. The van der Waals surface area contributed by atoms with Crippen LogP contribution in [0.3, 0.4) is 0 Å². The van der Waals surface area contributed by atoms with Crippen LogP contribution in [0.15, 0.2) is 0 Å². The maximum atomic E-state index is 6.81. The summed E-state index contributed by atoms with van der Waals surface area (Å²) in [7, 11) is -3.44. The molecule has 0 bridgehead atoms. The van der Waals surface area contributed by atoms with Gasteiger partial charge in [-0.25, -0.2) is 0 Å². The van der Waals surface area contributed by atoms with Crippen LogP contribution in [0.1, 0.15) is 107 Å². The average molecular weight is 463 g/mol.